The fourth-order valence-corrected chi connectivity index (χ4v) is 1.66. The maximum atomic E-state index is 10.8. The number of benzene rings is 1. The lowest BCUT2D eigenvalue weighted by Gasteiger charge is -2.11. The highest BCUT2D eigenvalue weighted by Gasteiger charge is 2.09. The average Bonchev–Trinajstić information content (AvgIpc) is 2.34. The summed E-state index contributed by atoms with van der Waals surface area (Å²) in [4.78, 5) is 21.5. The van der Waals surface area contributed by atoms with Gasteiger partial charge >= 0.3 is 0 Å². The van der Waals surface area contributed by atoms with E-state index in [1.165, 1.54) is 0 Å². The van der Waals surface area contributed by atoms with Crippen LogP contribution in [0, 0.1) is 0 Å². The summed E-state index contributed by atoms with van der Waals surface area (Å²) in [6, 6.07) is 6.83. The van der Waals surface area contributed by atoms with E-state index in [-0.39, 0.29) is 18.2 Å². The van der Waals surface area contributed by atoms with Gasteiger partial charge in [-0.15, -0.1) is 0 Å². The van der Waals surface area contributed by atoms with Crippen molar-refractivity contribution in [3.63, 3.8) is 0 Å². The third kappa shape index (κ3) is 6.01. The van der Waals surface area contributed by atoms with Crippen molar-refractivity contribution in [3.05, 3.63) is 29.8 Å². The van der Waals surface area contributed by atoms with E-state index in [1.54, 1.807) is 19.1 Å². The van der Waals surface area contributed by atoms with Gasteiger partial charge < -0.3 is 21.0 Å². The zero-order chi connectivity index (χ0) is 14.3. The van der Waals surface area contributed by atoms with E-state index < -0.39 is 5.91 Å². The Hall–Kier alpha value is -1.88. The van der Waals surface area contributed by atoms with Gasteiger partial charge in [0, 0.05) is 18.9 Å². The second-order valence-electron chi connectivity index (χ2n) is 4.50. The molecule has 0 aliphatic carbocycles. The Morgan fingerprint density at radius 1 is 1.26 bits per heavy atom. The molecule has 104 valence electrons. The maximum absolute atomic E-state index is 10.8. The van der Waals surface area contributed by atoms with Crippen molar-refractivity contribution < 1.29 is 14.3 Å². The maximum Gasteiger partial charge on any atom is 0.219 e. The number of hydrogen-bond donors (Lipinski definition) is 2. The molecule has 1 amide bonds. The highest BCUT2D eigenvalue weighted by atomic mass is 16.5. The standard InChI is InChI=1S/C14H20N2O3/c1-10(17)3-2-8-19-12-6-4-11(5-7-12)13(15)9-14(16)18/h4-7,13H,2-3,8-9,15H2,1H3,(H2,16,18). The summed E-state index contributed by atoms with van der Waals surface area (Å²) >= 11 is 0. The molecular weight excluding hydrogens is 244 g/mol. The Kier molecular flexibility index (Phi) is 6.02. The van der Waals surface area contributed by atoms with Crippen LogP contribution in [-0.4, -0.2) is 18.3 Å². The fraction of sp³-hybridized carbons (Fsp3) is 0.429. The minimum absolute atomic E-state index is 0.124. The fourth-order valence-electron chi connectivity index (χ4n) is 1.66. The lowest BCUT2D eigenvalue weighted by atomic mass is 10.0. The molecule has 0 spiro atoms. The first-order valence-electron chi connectivity index (χ1n) is 6.25. The van der Waals surface area contributed by atoms with Crippen molar-refractivity contribution in [2.24, 2.45) is 11.5 Å². The molecule has 0 aliphatic rings. The van der Waals surface area contributed by atoms with Crippen molar-refractivity contribution in [2.75, 3.05) is 6.61 Å². The van der Waals surface area contributed by atoms with Crippen LogP contribution in [-0.2, 0) is 9.59 Å². The van der Waals surface area contributed by atoms with Crippen LogP contribution >= 0.6 is 0 Å². The van der Waals surface area contributed by atoms with Crippen molar-refractivity contribution >= 4 is 11.7 Å². The molecule has 0 radical (unpaired) electrons. The summed E-state index contributed by atoms with van der Waals surface area (Å²) in [6.45, 7) is 2.07. The number of carbonyl (C=O) groups excluding carboxylic acids is 2. The Labute approximate surface area is 112 Å². The number of carbonyl (C=O) groups is 2. The van der Waals surface area contributed by atoms with E-state index in [0.717, 1.165) is 11.3 Å². The molecule has 0 saturated carbocycles. The number of ketones is 1. The van der Waals surface area contributed by atoms with E-state index >= 15 is 0 Å². The van der Waals surface area contributed by atoms with Gasteiger partial charge in [-0.1, -0.05) is 12.1 Å². The van der Waals surface area contributed by atoms with Crippen LogP contribution in [0.1, 0.15) is 37.8 Å². The van der Waals surface area contributed by atoms with Gasteiger partial charge in [0.2, 0.25) is 5.91 Å². The minimum Gasteiger partial charge on any atom is -0.494 e. The number of hydrogen-bond acceptors (Lipinski definition) is 4. The van der Waals surface area contributed by atoms with Gasteiger partial charge in [-0.25, -0.2) is 0 Å². The van der Waals surface area contributed by atoms with Gasteiger partial charge in [0.05, 0.1) is 6.61 Å². The molecule has 1 aromatic rings. The zero-order valence-corrected chi connectivity index (χ0v) is 11.1. The molecular formula is C14H20N2O3. The molecule has 1 atom stereocenters. The van der Waals surface area contributed by atoms with Crippen LogP contribution in [0.2, 0.25) is 0 Å². The first-order valence-corrected chi connectivity index (χ1v) is 6.25. The molecule has 1 aromatic carbocycles. The highest BCUT2D eigenvalue weighted by molar-refractivity contribution is 5.75. The molecule has 0 aliphatic heterocycles. The molecule has 4 N–H and O–H groups in total. The molecule has 1 unspecified atom stereocenters. The number of rotatable bonds is 8. The topological polar surface area (TPSA) is 95.4 Å². The van der Waals surface area contributed by atoms with Gasteiger partial charge in [-0.05, 0) is 31.0 Å². The molecule has 0 aromatic heterocycles. The van der Waals surface area contributed by atoms with Gasteiger partial charge in [-0.3, -0.25) is 4.79 Å². The quantitative estimate of drug-likeness (QED) is 0.692. The summed E-state index contributed by atoms with van der Waals surface area (Å²) < 4.78 is 5.49. The molecule has 0 saturated heterocycles. The molecule has 5 heteroatoms. The zero-order valence-electron chi connectivity index (χ0n) is 11.1. The van der Waals surface area contributed by atoms with Crippen LogP contribution in [0.3, 0.4) is 0 Å². The molecule has 19 heavy (non-hydrogen) atoms. The molecule has 1 rings (SSSR count). The smallest absolute Gasteiger partial charge is 0.219 e. The number of nitrogens with two attached hydrogens (primary N) is 2. The van der Waals surface area contributed by atoms with E-state index in [2.05, 4.69) is 0 Å². The minimum atomic E-state index is -0.419. The summed E-state index contributed by atoms with van der Waals surface area (Å²) in [7, 11) is 0. The predicted molar refractivity (Wildman–Crippen MR) is 72.6 cm³/mol. The lowest BCUT2D eigenvalue weighted by Crippen LogP contribution is -2.20. The van der Waals surface area contributed by atoms with Gasteiger partial charge in [0.1, 0.15) is 11.5 Å². The predicted octanol–water partition coefficient (Wildman–Crippen LogP) is 1.31. The molecule has 0 heterocycles. The van der Waals surface area contributed by atoms with Crippen LogP contribution in [0.5, 0.6) is 5.75 Å². The SMILES string of the molecule is CC(=O)CCCOc1ccc(C(N)CC(N)=O)cc1. The van der Waals surface area contributed by atoms with Crippen LogP contribution in [0.25, 0.3) is 0 Å². The van der Waals surface area contributed by atoms with Crippen LogP contribution in [0.15, 0.2) is 24.3 Å². The van der Waals surface area contributed by atoms with Gasteiger partial charge in [0.15, 0.2) is 0 Å². The van der Waals surface area contributed by atoms with E-state index in [0.29, 0.717) is 19.4 Å². The Balaban J connectivity index is 2.43. The first kappa shape index (κ1) is 15.2. The third-order valence-corrected chi connectivity index (χ3v) is 2.67. The number of amides is 1. The Morgan fingerprint density at radius 2 is 1.89 bits per heavy atom. The van der Waals surface area contributed by atoms with E-state index in [4.69, 9.17) is 16.2 Å². The van der Waals surface area contributed by atoms with Crippen molar-refractivity contribution in [1.29, 1.82) is 0 Å². The summed E-state index contributed by atoms with van der Waals surface area (Å²) in [5, 5.41) is 0. The first-order chi connectivity index (χ1) is 8.99. The van der Waals surface area contributed by atoms with E-state index in [1.807, 2.05) is 12.1 Å². The molecule has 0 bridgehead atoms. The number of primary amides is 1. The summed E-state index contributed by atoms with van der Waals surface area (Å²) in [5.41, 5.74) is 11.8. The second kappa shape index (κ2) is 7.53. The summed E-state index contributed by atoms with van der Waals surface area (Å²) in [5.74, 6) is 0.465. The lowest BCUT2D eigenvalue weighted by molar-refractivity contribution is -0.118. The van der Waals surface area contributed by atoms with Crippen LogP contribution < -0.4 is 16.2 Å². The number of Topliss-reactive ketones (excluding diaryl/α,β-unsaturated/α-hetero) is 1. The Bertz CT molecular complexity index is 429. The largest absolute Gasteiger partial charge is 0.494 e. The molecule has 5 nitrogen and oxygen atoms in total. The average molecular weight is 264 g/mol. The third-order valence-electron chi connectivity index (χ3n) is 2.67. The normalized spacial score (nSPS) is 11.9. The van der Waals surface area contributed by atoms with E-state index in [9.17, 15) is 9.59 Å². The monoisotopic (exact) mass is 264 g/mol. The highest BCUT2D eigenvalue weighted by Crippen LogP contribution is 2.18. The van der Waals surface area contributed by atoms with Gasteiger partial charge in [0.25, 0.3) is 0 Å². The van der Waals surface area contributed by atoms with Crippen molar-refractivity contribution in [3.8, 4) is 5.75 Å². The second-order valence-corrected chi connectivity index (χ2v) is 4.50. The Morgan fingerprint density at radius 3 is 2.42 bits per heavy atom. The number of ether oxygens (including phenoxy) is 1. The van der Waals surface area contributed by atoms with Crippen LogP contribution in [0.4, 0.5) is 0 Å². The molecule has 0 fully saturated rings. The van der Waals surface area contributed by atoms with Crippen molar-refractivity contribution in [1.82, 2.24) is 0 Å². The summed E-state index contributed by atoms with van der Waals surface area (Å²) in [6.07, 6.45) is 1.36. The van der Waals surface area contributed by atoms with Gasteiger partial charge in [-0.2, -0.15) is 0 Å². The van der Waals surface area contributed by atoms with Crippen molar-refractivity contribution in [2.45, 2.75) is 32.2 Å².